The van der Waals surface area contributed by atoms with E-state index in [-0.39, 0.29) is 10.8 Å². The van der Waals surface area contributed by atoms with Gasteiger partial charge in [0, 0.05) is 36.2 Å². The molecule has 0 spiro atoms. The fourth-order valence-electron chi connectivity index (χ4n) is 3.80. The maximum Gasteiger partial charge on any atom is 0.251 e. The van der Waals surface area contributed by atoms with Gasteiger partial charge in [0.25, 0.3) is 5.91 Å². The summed E-state index contributed by atoms with van der Waals surface area (Å²) >= 11 is 1.93. The van der Waals surface area contributed by atoms with Gasteiger partial charge in [0.1, 0.15) is 0 Å². The van der Waals surface area contributed by atoms with Crippen molar-refractivity contribution in [2.45, 2.75) is 62.0 Å². The molecule has 1 saturated heterocycles. The number of amides is 1. The van der Waals surface area contributed by atoms with Crippen molar-refractivity contribution in [1.82, 2.24) is 9.62 Å². The summed E-state index contributed by atoms with van der Waals surface area (Å²) in [4.78, 5) is 12.8. The number of nitrogens with one attached hydrogen (secondary N) is 1. The van der Waals surface area contributed by atoms with Crippen LogP contribution in [-0.2, 0) is 10.0 Å². The molecule has 27 heavy (non-hydrogen) atoms. The molecule has 0 radical (unpaired) electrons. The molecule has 1 aliphatic carbocycles. The van der Waals surface area contributed by atoms with Gasteiger partial charge in [-0.15, -0.1) is 0 Å². The Bertz CT molecular complexity index is 752. The zero-order chi connectivity index (χ0) is 19.3. The molecule has 150 valence electrons. The molecular weight excluding hydrogens is 380 g/mol. The van der Waals surface area contributed by atoms with Gasteiger partial charge in [-0.25, -0.2) is 8.42 Å². The lowest BCUT2D eigenvalue weighted by atomic mass is 10.1. The van der Waals surface area contributed by atoms with E-state index in [2.05, 4.69) is 5.32 Å². The van der Waals surface area contributed by atoms with E-state index in [1.807, 2.05) is 18.7 Å². The molecule has 7 heteroatoms. The van der Waals surface area contributed by atoms with Crippen LogP contribution in [-0.4, -0.2) is 49.3 Å². The van der Waals surface area contributed by atoms with Crippen LogP contribution in [0.4, 0.5) is 0 Å². The first-order valence-electron chi connectivity index (χ1n) is 9.99. The topological polar surface area (TPSA) is 66.5 Å². The number of sulfonamides is 1. The monoisotopic (exact) mass is 410 g/mol. The second-order valence-corrected chi connectivity index (χ2v) is 10.8. The average molecular weight is 411 g/mol. The number of rotatable bonds is 7. The van der Waals surface area contributed by atoms with E-state index in [4.69, 9.17) is 0 Å². The molecule has 1 aliphatic heterocycles. The van der Waals surface area contributed by atoms with E-state index < -0.39 is 10.0 Å². The van der Waals surface area contributed by atoms with Gasteiger partial charge in [0.2, 0.25) is 10.0 Å². The predicted molar refractivity (Wildman–Crippen MR) is 111 cm³/mol. The van der Waals surface area contributed by atoms with Crippen LogP contribution >= 0.6 is 11.8 Å². The summed E-state index contributed by atoms with van der Waals surface area (Å²) in [5.74, 6) is 0.719. The first-order valence-corrected chi connectivity index (χ1v) is 12.5. The summed E-state index contributed by atoms with van der Waals surface area (Å²) in [5, 5.41) is 3.69. The molecule has 1 aromatic carbocycles. The molecule has 1 saturated carbocycles. The number of hydrogen-bond acceptors (Lipinski definition) is 4. The Morgan fingerprint density at radius 3 is 2.56 bits per heavy atom. The Morgan fingerprint density at radius 1 is 1.15 bits per heavy atom. The van der Waals surface area contributed by atoms with Crippen molar-refractivity contribution in [3.05, 3.63) is 29.3 Å². The highest BCUT2D eigenvalue weighted by atomic mass is 32.2. The van der Waals surface area contributed by atoms with Crippen LogP contribution in [0.25, 0.3) is 0 Å². The number of carbonyl (C=O) groups excluding carboxylic acids is 1. The predicted octanol–water partition coefficient (Wildman–Crippen LogP) is 3.58. The number of benzene rings is 1. The van der Waals surface area contributed by atoms with Crippen molar-refractivity contribution in [1.29, 1.82) is 0 Å². The molecule has 3 rings (SSSR count). The third-order valence-corrected chi connectivity index (χ3v) is 8.73. The molecule has 0 aromatic heterocycles. The smallest absolute Gasteiger partial charge is 0.251 e. The fourth-order valence-corrected chi connectivity index (χ4v) is 6.56. The van der Waals surface area contributed by atoms with Gasteiger partial charge in [-0.1, -0.05) is 25.3 Å². The number of hydrogen-bond donors (Lipinski definition) is 1. The third-order valence-electron chi connectivity index (χ3n) is 5.45. The summed E-state index contributed by atoms with van der Waals surface area (Å²) in [6.45, 7) is 3.59. The Kier molecular flexibility index (Phi) is 7.22. The van der Waals surface area contributed by atoms with Gasteiger partial charge in [-0.05, 0) is 50.3 Å². The third kappa shape index (κ3) is 5.27. The summed E-state index contributed by atoms with van der Waals surface area (Å²) < 4.78 is 27.3. The number of thioether (sulfide) groups is 1. The number of carbonyl (C=O) groups is 1. The summed E-state index contributed by atoms with van der Waals surface area (Å²) in [7, 11) is -3.52. The van der Waals surface area contributed by atoms with Crippen molar-refractivity contribution >= 4 is 27.7 Å². The first kappa shape index (κ1) is 20.7. The van der Waals surface area contributed by atoms with Gasteiger partial charge in [-0.3, -0.25) is 4.79 Å². The van der Waals surface area contributed by atoms with Crippen molar-refractivity contribution in [3.63, 3.8) is 0 Å². The average Bonchev–Trinajstić information content (AvgIpc) is 3.19. The summed E-state index contributed by atoms with van der Waals surface area (Å²) in [6, 6.07) is 4.89. The van der Waals surface area contributed by atoms with Gasteiger partial charge in [-0.2, -0.15) is 16.1 Å². The lowest BCUT2D eigenvalue weighted by molar-refractivity contribution is 0.0955. The van der Waals surface area contributed by atoms with E-state index in [1.165, 1.54) is 25.7 Å². The Balaban J connectivity index is 1.62. The second kappa shape index (κ2) is 9.43. The van der Waals surface area contributed by atoms with Crippen molar-refractivity contribution in [2.24, 2.45) is 0 Å². The highest BCUT2D eigenvalue weighted by Crippen LogP contribution is 2.29. The maximum atomic E-state index is 12.9. The van der Waals surface area contributed by atoms with Gasteiger partial charge >= 0.3 is 0 Å². The van der Waals surface area contributed by atoms with E-state index in [0.29, 0.717) is 25.2 Å². The minimum atomic E-state index is -3.52. The Hall–Kier alpha value is -1.05. The van der Waals surface area contributed by atoms with Crippen molar-refractivity contribution in [2.75, 3.05) is 25.4 Å². The van der Waals surface area contributed by atoms with Crippen LogP contribution in [0, 0.1) is 6.92 Å². The molecule has 2 aliphatic rings. The van der Waals surface area contributed by atoms with Crippen molar-refractivity contribution in [3.8, 4) is 0 Å². The largest absolute Gasteiger partial charge is 0.351 e. The van der Waals surface area contributed by atoms with Gasteiger partial charge in [0.15, 0.2) is 0 Å². The minimum Gasteiger partial charge on any atom is -0.351 e. The summed E-state index contributed by atoms with van der Waals surface area (Å²) in [6.07, 6.45) is 8.09. The lowest BCUT2D eigenvalue weighted by Crippen LogP contribution is -2.35. The standard InChI is InChI=1S/C20H30N2O3S2/c1-16-9-10-18(27(24,25)22-12-5-2-6-13-22)15-19(16)20(23)21-11-14-26-17-7-3-4-8-17/h9-10,15,17H,2-8,11-14H2,1H3,(H,21,23). The van der Waals surface area contributed by atoms with Crippen LogP contribution in [0.5, 0.6) is 0 Å². The molecule has 5 nitrogen and oxygen atoms in total. The molecule has 0 bridgehead atoms. The second-order valence-electron chi connectivity index (χ2n) is 7.47. The van der Waals surface area contributed by atoms with E-state index in [0.717, 1.165) is 35.8 Å². The van der Waals surface area contributed by atoms with Gasteiger partial charge in [0.05, 0.1) is 4.90 Å². The van der Waals surface area contributed by atoms with Gasteiger partial charge < -0.3 is 5.32 Å². The van der Waals surface area contributed by atoms with E-state index in [9.17, 15) is 13.2 Å². The zero-order valence-electron chi connectivity index (χ0n) is 16.1. The van der Waals surface area contributed by atoms with Crippen LogP contribution in [0.3, 0.4) is 0 Å². The van der Waals surface area contributed by atoms with Crippen LogP contribution in [0.2, 0.25) is 0 Å². The fraction of sp³-hybridized carbons (Fsp3) is 0.650. The molecule has 1 amide bonds. The molecular formula is C20H30N2O3S2. The molecule has 1 heterocycles. The highest BCUT2D eigenvalue weighted by Gasteiger charge is 2.27. The molecule has 1 aromatic rings. The number of aryl methyl sites for hydroxylation is 1. The molecule has 1 N–H and O–H groups in total. The number of piperidine rings is 1. The zero-order valence-corrected chi connectivity index (χ0v) is 17.7. The van der Waals surface area contributed by atoms with E-state index >= 15 is 0 Å². The minimum absolute atomic E-state index is 0.185. The molecule has 2 fully saturated rings. The molecule has 0 unspecified atom stereocenters. The first-order chi connectivity index (χ1) is 13.0. The van der Waals surface area contributed by atoms with Crippen molar-refractivity contribution < 1.29 is 13.2 Å². The Labute approximate surface area is 167 Å². The van der Waals surface area contributed by atoms with E-state index in [1.54, 1.807) is 22.5 Å². The Morgan fingerprint density at radius 2 is 1.85 bits per heavy atom. The van der Waals surface area contributed by atoms with Crippen LogP contribution in [0.15, 0.2) is 23.1 Å². The maximum absolute atomic E-state index is 12.9. The molecule has 0 atom stereocenters. The number of nitrogens with zero attached hydrogens (tertiary/aromatic N) is 1. The lowest BCUT2D eigenvalue weighted by Gasteiger charge is -2.26. The van der Waals surface area contributed by atoms with Crippen LogP contribution < -0.4 is 5.32 Å². The SMILES string of the molecule is Cc1ccc(S(=O)(=O)N2CCCCC2)cc1C(=O)NCCSC1CCCC1. The highest BCUT2D eigenvalue weighted by molar-refractivity contribution is 7.99. The normalized spacial score (nSPS) is 19.3. The quantitative estimate of drug-likeness (QED) is 0.698. The van der Waals surface area contributed by atoms with Crippen LogP contribution in [0.1, 0.15) is 60.9 Å². The summed E-state index contributed by atoms with van der Waals surface area (Å²) in [5.41, 5.74) is 1.26.